The van der Waals surface area contributed by atoms with Crippen LogP contribution in [0.1, 0.15) is 12.0 Å². The Morgan fingerprint density at radius 1 is 1.26 bits per heavy atom. The Balaban J connectivity index is 1.90. The van der Waals surface area contributed by atoms with E-state index in [0.717, 1.165) is 12.1 Å². The molecule has 2 unspecified atom stereocenters. The number of hydrogen-bond donors (Lipinski definition) is 2. The monoisotopic (exact) mass is 262 g/mol. The molecular formula is C14H18N2O3. The van der Waals surface area contributed by atoms with Crippen molar-refractivity contribution in [1.82, 2.24) is 4.90 Å². The van der Waals surface area contributed by atoms with Crippen LogP contribution in [0.5, 0.6) is 0 Å². The molecule has 0 radical (unpaired) electrons. The number of carbonyl (C=O) groups excluding carboxylic acids is 1. The molecule has 1 aromatic rings. The van der Waals surface area contributed by atoms with Gasteiger partial charge >= 0.3 is 5.97 Å². The van der Waals surface area contributed by atoms with Crippen molar-refractivity contribution < 1.29 is 14.7 Å². The molecule has 2 N–H and O–H groups in total. The molecule has 5 heteroatoms. The van der Waals surface area contributed by atoms with Crippen LogP contribution in [-0.2, 0) is 16.1 Å². The highest BCUT2D eigenvalue weighted by molar-refractivity contribution is 5.98. The van der Waals surface area contributed by atoms with E-state index in [0.29, 0.717) is 12.1 Å². The van der Waals surface area contributed by atoms with Crippen molar-refractivity contribution in [3.8, 4) is 0 Å². The van der Waals surface area contributed by atoms with E-state index in [2.05, 4.69) is 10.2 Å². The average Bonchev–Trinajstić information content (AvgIpc) is 3.11. The van der Waals surface area contributed by atoms with Crippen LogP contribution in [0.15, 0.2) is 24.3 Å². The highest BCUT2D eigenvalue weighted by Gasteiger charge is 2.48. The summed E-state index contributed by atoms with van der Waals surface area (Å²) >= 11 is 0. The lowest BCUT2D eigenvalue weighted by Gasteiger charge is -2.10. The van der Waals surface area contributed by atoms with Crippen molar-refractivity contribution in [2.45, 2.75) is 13.0 Å². The molecule has 2 atom stereocenters. The predicted molar refractivity (Wildman–Crippen MR) is 71.7 cm³/mol. The molecule has 0 bridgehead atoms. The molecule has 0 aromatic heterocycles. The van der Waals surface area contributed by atoms with Gasteiger partial charge in [0.2, 0.25) is 5.91 Å². The number of anilines is 1. The zero-order valence-electron chi connectivity index (χ0n) is 11.1. The smallest absolute Gasteiger partial charge is 0.307 e. The summed E-state index contributed by atoms with van der Waals surface area (Å²) in [7, 11) is 3.99. The number of nitrogens with one attached hydrogen (secondary N) is 1. The van der Waals surface area contributed by atoms with Gasteiger partial charge in [-0.15, -0.1) is 0 Å². The molecule has 19 heavy (non-hydrogen) atoms. The summed E-state index contributed by atoms with van der Waals surface area (Å²) in [4.78, 5) is 24.5. The lowest BCUT2D eigenvalue weighted by molar-refractivity contribution is -0.139. The third-order valence-corrected chi connectivity index (χ3v) is 3.16. The molecule has 1 aliphatic carbocycles. The van der Waals surface area contributed by atoms with E-state index >= 15 is 0 Å². The largest absolute Gasteiger partial charge is 0.481 e. The van der Waals surface area contributed by atoms with Gasteiger partial charge in [-0.05, 0) is 38.2 Å². The zero-order valence-corrected chi connectivity index (χ0v) is 11.1. The predicted octanol–water partition coefficient (Wildman–Crippen LogP) is 1.41. The first-order chi connectivity index (χ1) is 8.97. The van der Waals surface area contributed by atoms with Gasteiger partial charge in [-0.25, -0.2) is 0 Å². The summed E-state index contributed by atoms with van der Waals surface area (Å²) in [5.41, 5.74) is 1.88. The van der Waals surface area contributed by atoms with Crippen LogP contribution in [0.3, 0.4) is 0 Å². The fourth-order valence-electron chi connectivity index (χ4n) is 2.05. The molecule has 1 aromatic carbocycles. The lowest BCUT2D eigenvalue weighted by Crippen LogP contribution is -2.17. The number of benzene rings is 1. The topological polar surface area (TPSA) is 69.6 Å². The molecule has 1 saturated carbocycles. The maximum atomic E-state index is 11.8. The number of rotatable bonds is 5. The van der Waals surface area contributed by atoms with Crippen LogP contribution >= 0.6 is 0 Å². The van der Waals surface area contributed by atoms with E-state index < -0.39 is 11.9 Å². The van der Waals surface area contributed by atoms with Gasteiger partial charge < -0.3 is 15.3 Å². The Labute approximate surface area is 112 Å². The van der Waals surface area contributed by atoms with Crippen LogP contribution in [0.2, 0.25) is 0 Å². The van der Waals surface area contributed by atoms with Gasteiger partial charge in [-0.2, -0.15) is 0 Å². The molecule has 1 fully saturated rings. The van der Waals surface area contributed by atoms with E-state index in [1.165, 1.54) is 0 Å². The minimum Gasteiger partial charge on any atom is -0.481 e. The van der Waals surface area contributed by atoms with Crippen LogP contribution in [0.4, 0.5) is 5.69 Å². The van der Waals surface area contributed by atoms with E-state index in [1.807, 2.05) is 38.4 Å². The molecule has 1 aliphatic rings. The highest BCUT2D eigenvalue weighted by atomic mass is 16.4. The average molecular weight is 262 g/mol. The summed E-state index contributed by atoms with van der Waals surface area (Å²) in [5, 5.41) is 11.5. The van der Waals surface area contributed by atoms with Crippen molar-refractivity contribution in [2.75, 3.05) is 19.4 Å². The first-order valence-electron chi connectivity index (χ1n) is 6.24. The van der Waals surface area contributed by atoms with Gasteiger partial charge in [0, 0.05) is 12.2 Å². The van der Waals surface area contributed by atoms with Gasteiger partial charge in [-0.1, -0.05) is 12.1 Å². The van der Waals surface area contributed by atoms with E-state index in [4.69, 9.17) is 5.11 Å². The number of carboxylic acid groups (broad SMARTS) is 1. The molecule has 102 valence electrons. The zero-order chi connectivity index (χ0) is 14.0. The maximum absolute atomic E-state index is 11.8. The fraction of sp³-hybridized carbons (Fsp3) is 0.429. The Bertz CT molecular complexity index is 482. The van der Waals surface area contributed by atoms with Gasteiger partial charge in [0.1, 0.15) is 0 Å². The van der Waals surface area contributed by atoms with Crippen LogP contribution in [-0.4, -0.2) is 36.0 Å². The van der Waals surface area contributed by atoms with Crippen LogP contribution < -0.4 is 5.32 Å². The number of nitrogens with zero attached hydrogens (tertiary/aromatic N) is 1. The second-order valence-electron chi connectivity index (χ2n) is 5.21. The van der Waals surface area contributed by atoms with E-state index in [9.17, 15) is 9.59 Å². The normalized spacial score (nSPS) is 21.2. The molecule has 0 aliphatic heterocycles. The van der Waals surface area contributed by atoms with Crippen molar-refractivity contribution >= 4 is 17.6 Å². The number of aliphatic carboxylic acids is 1. The third kappa shape index (κ3) is 3.54. The molecule has 0 spiro atoms. The van der Waals surface area contributed by atoms with Gasteiger partial charge in [-0.3, -0.25) is 9.59 Å². The third-order valence-electron chi connectivity index (χ3n) is 3.16. The standard InChI is InChI=1S/C14H18N2O3/c1-16(2)8-9-3-5-10(6-4-9)15-13(17)11-7-12(11)14(18)19/h3-6,11-12H,7-8H2,1-2H3,(H,15,17)(H,18,19). The summed E-state index contributed by atoms with van der Waals surface area (Å²) in [6, 6.07) is 7.60. The number of carbonyl (C=O) groups is 2. The summed E-state index contributed by atoms with van der Waals surface area (Å²) in [5.74, 6) is -1.97. The van der Waals surface area contributed by atoms with Crippen molar-refractivity contribution in [1.29, 1.82) is 0 Å². The molecule has 2 rings (SSSR count). The van der Waals surface area contributed by atoms with E-state index in [-0.39, 0.29) is 11.8 Å². The first-order valence-corrected chi connectivity index (χ1v) is 6.24. The summed E-state index contributed by atoms with van der Waals surface area (Å²) in [6.45, 7) is 0.845. The molecule has 5 nitrogen and oxygen atoms in total. The molecule has 0 saturated heterocycles. The Hall–Kier alpha value is -1.88. The van der Waals surface area contributed by atoms with Gasteiger partial charge in [0.15, 0.2) is 0 Å². The molecule has 1 amide bonds. The van der Waals surface area contributed by atoms with Crippen molar-refractivity contribution in [3.63, 3.8) is 0 Å². The fourth-order valence-corrected chi connectivity index (χ4v) is 2.05. The number of hydrogen-bond acceptors (Lipinski definition) is 3. The Morgan fingerprint density at radius 3 is 2.37 bits per heavy atom. The van der Waals surface area contributed by atoms with Crippen molar-refractivity contribution in [2.24, 2.45) is 11.8 Å². The summed E-state index contributed by atoms with van der Waals surface area (Å²) in [6.07, 6.45) is 0.444. The van der Waals surface area contributed by atoms with Gasteiger partial charge in [0.25, 0.3) is 0 Å². The van der Waals surface area contributed by atoms with Crippen LogP contribution in [0, 0.1) is 11.8 Å². The molecular weight excluding hydrogens is 244 g/mol. The lowest BCUT2D eigenvalue weighted by atomic mass is 10.2. The second-order valence-corrected chi connectivity index (χ2v) is 5.21. The molecule has 0 heterocycles. The number of carboxylic acids is 1. The maximum Gasteiger partial charge on any atom is 0.307 e. The minimum atomic E-state index is -0.888. The van der Waals surface area contributed by atoms with E-state index in [1.54, 1.807) is 0 Å². The first kappa shape index (κ1) is 13.5. The Morgan fingerprint density at radius 2 is 1.89 bits per heavy atom. The van der Waals surface area contributed by atoms with Crippen molar-refractivity contribution in [3.05, 3.63) is 29.8 Å². The van der Waals surface area contributed by atoms with Gasteiger partial charge in [0.05, 0.1) is 11.8 Å². The quantitative estimate of drug-likeness (QED) is 0.841. The second kappa shape index (κ2) is 5.40. The highest BCUT2D eigenvalue weighted by Crippen LogP contribution is 2.39. The minimum absolute atomic E-state index is 0.201. The summed E-state index contributed by atoms with van der Waals surface area (Å²) < 4.78 is 0. The Kier molecular flexibility index (Phi) is 3.85. The van der Waals surface area contributed by atoms with Crippen LogP contribution in [0.25, 0.3) is 0 Å². The number of amides is 1. The SMILES string of the molecule is CN(C)Cc1ccc(NC(=O)C2CC2C(=O)O)cc1.